The van der Waals surface area contributed by atoms with Gasteiger partial charge in [0.1, 0.15) is 0 Å². The summed E-state index contributed by atoms with van der Waals surface area (Å²) < 4.78 is 25.2. The predicted octanol–water partition coefficient (Wildman–Crippen LogP) is 0.199. The Labute approximate surface area is 138 Å². The molecule has 1 saturated heterocycles. The van der Waals surface area contributed by atoms with Crippen LogP contribution in [0.3, 0.4) is 0 Å². The summed E-state index contributed by atoms with van der Waals surface area (Å²) >= 11 is 5.05. The smallest absolute Gasteiger partial charge is 0.242 e. The molecule has 0 spiro atoms. The third-order valence-electron chi connectivity index (χ3n) is 3.48. The van der Waals surface area contributed by atoms with Gasteiger partial charge in [-0.1, -0.05) is 13.8 Å². The summed E-state index contributed by atoms with van der Waals surface area (Å²) in [5.41, 5.74) is 5.21. The second-order valence-electron chi connectivity index (χ2n) is 5.82. The first-order valence-corrected chi connectivity index (χ1v) is 9.59. The van der Waals surface area contributed by atoms with Crippen molar-refractivity contribution in [2.24, 2.45) is 11.8 Å². The molecular weight excluding hydrogens is 324 g/mol. The lowest BCUT2D eigenvalue weighted by Crippen LogP contribution is -2.52. The minimum atomic E-state index is -3.24. The average Bonchev–Trinajstić information content (AvgIpc) is 2.50. The number of nitrogens with one attached hydrogen (secondary N) is 3. The van der Waals surface area contributed by atoms with Crippen LogP contribution in [0.25, 0.3) is 0 Å². The summed E-state index contributed by atoms with van der Waals surface area (Å²) in [5.74, 6) is -0.0789. The van der Waals surface area contributed by atoms with Gasteiger partial charge in [0.2, 0.25) is 15.9 Å². The molecule has 7 nitrogen and oxygen atoms in total. The van der Waals surface area contributed by atoms with Crippen molar-refractivity contribution >= 4 is 33.3 Å². The molecule has 3 N–H and O–H groups in total. The van der Waals surface area contributed by atoms with Crippen LogP contribution < -0.4 is 16.2 Å². The molecule has 1 fully saturated rings. The van der Waals surface area contributed by atoms with E-state index in [0.717, 1.165) is 0 Å². The molecule has 0 aliphatic carbocycles. The maximum Gasteiger partial charge on any atom is 0.242 e. The molecule has 9 heteroatoms. The van der Waals surface area contributed by atoms with Gasteiger partial charge in [-0.05, 0) is 37.9 Å². The number of thiocarbonyl (C=S) groups is 1. The number of hydrogen-bond acceptors (Lipinski definition) is 4. The SMILES string of the molecule is CCS(=O)(=O)N1CCC[C@@H](C(=O)NNC(=S)NCC(C)C)C1. The molecule has 0 aromatic carbocycles. The fraction of sp³-hybridized carbons (Fsp3) is 0.846. The maximum absolute atomic E-state index is 12.1. The van der Waals surface area contributed by atoms with Gasteiger partial charge < -0.3 is 5.32 Å². The molecule has 128 valence electrons. The van der Waals surface area contributed by atoms with E-state index in [1.54, 1.807) is 6.92 Å². The summed E-state index contributed by atoms with van der Waals surface area (Å²) in [5, 5.41) is 3.34. The highest BCUT2D eigenvalue weighted by molar-refractivity contribution is 7.89. The molecule has 0 unspecified atom stereocenters. The van der Waals surface area contributed by atoms with Crippen LogP contribution in [0.15, 0.2) is 0 Å². The standard InChI is InChI=1S/C13H26N4O3S2/c1-4-22(19,20)17-7-5-6-11(9-17)12(18)15-16-13(21)14-8-10(2)3/h10-11H,4-9H2,1-3H3,(H,15,18)(H2,14,16,21)/t11-/m1/s1. The van der Waals surface area contributed by atoms with Crippen LogP contribution >= 0.6 is 12.2 Å². The molecule has 0 saturated carbocycles. The number of sulfonamides is 1. The lowest BCUT2D eigenvalue weighted by Gasteiger charge is -2.31. The van der Waals surface area contributed by atoms with Crippen molar-refractivity contribution in [3.63, 3.8) is 0 Å². The first kappa shape index (κ1) is 19.1. The van der Waals surface area contributed by atoms with E-state index in [0.29, 0.717) is 37.0 Å². The highest BCUT2D eigenvalue weighted by atomic mass is 32.2. The number of amides is 1. The third-order valence-corrected chi connectivity index (χ3v) is 5.58. The van der Waals surface area contributed by atoms with E-state index in [-0.39, 0.29) is 24.1 Å². The Hall–Kier alpha value is -0.930. The van der Waals surface area contributed by atoms with Crippen molar-refractivity contribution in [3.05, 3.63) is 0 Å². The Bertz CT molecular complexity index is 494. The van der Waals surface area contributed by atoms with Gasteiger partial charge in [0.05, 0.1) is 11.7 Å². The van der Waals surface area contributed by atoms with Gasteiger partial charge in [-0.3, -0.25) is 15.6 Å². The fourth-order valence-electron chi connectivity index (χ4n) is 2.15. The Balaban J connectivity index is 2.44. The number of nitrogens with zero attached hydrogens (tertiary/aromatic N) is 1. The van der Waals surface area contributed by atoms with Gasteiger partial charge in [0, 0.05) is 19.6 Å². The molecule has 1 atom stereocenters. The molecule has 0 aromatic rings. The number of rotatable bonds is 5. The number of carbonyl (C=O) groups is 1. The van der Waals surface area contributed by atoms with Gasteiger partial charge in [0.15, 0.2) is 5.11 Å². The maximum atomic E-state index is 12.1. The molecule has 1 aliphatic heterocycles. The molecule has 1 heterocycles. The highest BCUT2D eigenvalue weighted by Gasteiger charge is 2.31. The minimum absolute atomic E-state index is 0.0583. The predicted molar refractivity (Wildman–Crippen MR) is 90.5 cm³/mol. The topological polar surface area (TPSA) is 90.5 Å². The number of hydrogen-bond donors (Lipinski definition) is 3. The van der Waals surface area contributed by atoms with E-state index >= 15 is 0 Å². The first-order valence-electron chi connectivity index (χ1n) is 7.57. The lowest BCUT2D eigenvalue weighted by molar-refractivity contribution is -0.126. The molecule has 0 radical (unpaired) electrons. The van der Waals surface area contributed by atoms with E-state index in [4.69, 9.17) is 12.2 Å². The van der Waals surface area contributed by atoms with Gasteiger partial charge in [-0.2, -0.15) is 0 Å². The molecular formula is C13H26N4O3S2. The first-order chi connectivity index (χ1) is 10.3. The van der Waals surface area contributed by atoms with Crippen molar-refractivity contribution < 1.29 is 13.2 Å². The molecule has 22 heavy (non-hydrogen) atoms. The molecule has 1 amide bonds. The quantitative estimate of drug-likeness (QED) is 0.485. The van der Waals surface area contributed by atoms with Crippen LogP contribution in [0.4, 0.5) is 0 Å². The zero-order chi connectivity index (χ0) is 16.8. The second-order valence-corrected chi connectivity index (χ2v) is 8.48. The van der Waals surface area contributed by atoms with Crippen molar-refractivity contribution in [1.29, 1.82) is 0 Å². The Morgan fingerprint density at radius 1 is 1.36 bits per heavy atom. The summed E-state index contributed by atoms with van der Waals surface area (Å²) in [6.45, 7) is 7.16. The largest absolute Gasteiger partial charge is 0.361 e. The van der Waals surface area contributed by atoms with Gasteiger partial charge in [-0.25, -0.2) is 12.7 Å². The second kappa shape index (κ2) is 8.64. The van der Waals surface area contributed by atoms with Crippen molar-refractivity contribution in [2.75, 3.05) is 25.4 Å². The van der Waals surface area contributed by atoms with Crippen molar-refractivity contribution in [1.82, 2.24) is 20.5 Å². The van der Waals surface area contributed by atoms with E-state index < -0.39 is 10.0 Å². The van der Waals surface area contributed by atoms with Crippen molar-refractivity contribution in [3.8, 4) is 0 Å². The van der Waals surface area contributed by atoms with E-state index in [1.807, 2.05) is 0 Å². The Morgan fingerprint density at radius 2 is 2.05 bits per heavy atom. The summed E-state index contributed by atoms with van der Waals surface area (Å²) in [7, 11) is -3.24. The fourth-order valence-corrected chi connectivity index (χ4v) is 3.47. The zero-order valence-electron chi connectivity index (χ0n) is 13.4. The normalized spacial score (nSPS) is 19.7. The van der Waals surface area contributed by atoms with Crippen LogP contribution in [0, 0.1) is 11.8 Å². The van der Waals surface area contributed by atoms with Crippen molar-refractivity contribution in [2.45, 2.75) is 33.6 Å². The highest BCUT2D eigenvalue weighted by Crippen LogP contribution is 2.19. The Kier molecular flexibility index (Phi) is 7.51. The lowest BCUT2D eigenvalue weighted by atomic mass is 9.99. The van der Waals surface area contributed by atoms with E-state index in [1.165, 1.54) is 4.31 Å². The molecule has 1 rings (SSSR count). The monoisotopic (exact) mass is 350 g/mol. The van der Waals surface area contributed by atoms with Crippen LogP contribution in [-0.4, -0.2) is 49.1 Å². The molecule has 1 aliphatic rings. The van der Waals surface area contributed by atoms with Gasteiger partial charge in [-0.15, -0.1) is 0 Å². The third kappa shape index (κ3) is 6.05. The minimum Gasteiger partial charge on any atom is -0.361 e. The summed E-state index contributed by atoms with van der Waals surface area (Å²) in [6.07, 6.45) is 1.36. The van der Waals surface area contributed by atoms with E-state index in [2.05, 4.69) is 30.0 Å². The average molecular weight is 351 g/mol. The summed E-state index contributed by atoms with van der Waals surface area (Å²) in [6, 6.07) is 0. The van der Waals surface area contributed by atoms with Gasteiger partial charge >= 0.3 is 0 Å². The molecule has 0 aromatic heterocycles. The van der Waals surface area contributed by atoms with Gasteiger partial charge in [0.25, 0.3) is 0 Å². The van der Waals surface area contributed by atoms with Crippen LogP contribution in [-0.2, 0) is 14.8 Å². The summed E-state index contributed by atoms with van der Waals surface area (Å²) in [4.78, 5) is 12.1. The van der Waals surface area contributed by atoms with Crippen LogP contribution in [0.5, 0.6) is 0 Å². The Morgan fingerprint density at radius 3 is 2.64 bits per heavy atom. The van der Waals surface area contributed by atoms with E-state index in [9.17, 15) is 13.2 Å². The van der Waals surface area contributed by atoms with Crippen LogP contribution in [0.2, 0.25) is 0 Å². The number of carbonyl (C=O) groups excluding carboxylic acids is 1. The zero-order valence-corrected chi connectivity index (χ0v) is 15.0. The molecule has 0 bridgehead atoms. The number of hydrazine groups is 1. The number of piperidine rings is 1. The van der Waals surface area contributed by atoms with Crippen LogP contribution in [0.1, 0.15) is 33.6 Å².